The highest BCUT2D eigenvalue weighted by Crippen LogP contribution is 2.22. The topological polar surface area (TPSA) is 67.1 Å². The molecular formula is C15H26N6S. The zero-order chi connectivity index (χ0) is 15.2. The van der Waals surface area contributed by atoms with Crippen LogP contribution in [0.1, 0.15) is 32.0 Å². The molecule has 6 nitrogen and oxygen atoms in total. The molecule has 1 aromatic rings. The van der Waals surface area contributed by atoms with Gasteiger partial charge in [0.25, 0.3) is 0 Å². The van der Waals surface area contributed by atoms with Crippen molar-refractivity contribution in [1.29, 1.82) is 0 Å². The average Bonchev–Trinajstić information content (AvgIpc) is 3.01. The Morgan fingerprint density at radius 1 is 1.41 bits per heavy atom. The highest BCUT2D eigenvalue weighted by Gasteiger charge is 2.21. The number of rotatable bonds is 4. The van der Waals surface area contributed by atoms with E-state index in [-0.39, 0.29) is 0 Å². The van der Waals surface area contributed by atoms with Crippen LogP contribution in [-0.4, -0.2) is 51.4 Å². The van der Waals surface area contributed by atoms with Gasteiger partial charge in [-0.1, -0.05) is 0 Å². The molecule has 1 unspecified atom stereocenters. The second kappa shape index (κ2) is 7.85. The van der Waals surface area contributed by atoms with Gasteiger partial charge in [-0.05, 0) is 43.6 Å². The number of aromatic nitrogens is 3. The Balaban J connectivity index is 1.54. The molecule has 0 amide bonds. The monoisotopic (exact) mass is 322 g/mol. The Morgan fingerprint density at radius 2 is 2.27 bits per heavy atom. The van der Waals surface area contributed by atoms with Crippen molar-refractivity contribution in [3.8, 4) is 0 Å². The zero-order valence-corrected chi connectivity index (χ0v) is 14.1. The number of hydrogen-bond donors (Lipinski definition) is 2. The molecule has 3 rings (SSSR count). The molecule has 1 atom stereocenters. The molecule has 2 aliphatic heterocycles. The Bertz CT molecular complexity index is 494. The Kier molecular flexibility index (Phi) is 5.58. The molecule has 0 saturated carbocycles. The Labute approximate surface area is 136 Å². The van der Waals surface area contributed by atoms with Crippen molar-refractivity contribution >= 4 is 17.7 Å². The van der Waals surface area contributed by atoms with Crippen LogP contribution >= 0.6 is 11.8 Å². The van der Waals surface area contributed by atoms with Crippen molar-refractivity contribution in [2.24, 2.45) is 10.9 Å². The number of fused-ring (bicyclic) bond motifs is 1. The fraction of sp³-hybridized carbons (Fsp3) is 0.800. The van der Waals surface area contributed by atoms with Gasteiger partial charge in [0.05, 0.1) is 6.54 Å². The molecule has 22 heavy (non-hydrogen) atoms. The minimum atomic E-state index is 0.383. The lowest BCUT2D eigenvalue weighted by molar-refractivity contribution is 0.392. The van der Waals surface area contributed by atoms with E-state index < -0.39 is 0 Å². The first-order chi connectivity index (χ1) is 10.8. The molecule has 2 aliphatic rings. The smallest absolute Gasteiger partial charge is 0.191 e. The van der Waals surface area contributed by atoms with Crippen molar-refractivity contribution in [2.75, 3.05) is 24.6 Å². The molecule has 1 saturated heterocycles. The lowest BCUT2D eigenvalue weighted by atomic mass is 10.0. The van der Waals surface area contributed by atoms with Gasteiger partial charge in [0.1, 0.15) is 12.2 Å². The van der Waals surface area contributed by atoms with Crippen LogP contribution in [0.5, 0.6) is 0 Å². The summed E-state index contributed by atoms with van der Waals surface area (Å²) in [6.45, 7) is 4.83. The van der Waals surface area contributed by atoms with E-state index in [2.05, 4.69) is 39.4 Å². The van der Waals surface area contributed by atoms with E-state index in [0.29, 0.717) is 6.04 Å². The molecule has 0 aromatic carbocycles. The predicted molar refractivity (Wildman–Crippen MR) is 91.3 cm³/mol. The lowest BCUT2D eigenvalue weighted by Gasteiger charge is -2.26. The van der Waals surface area contributed by atoms with Gasteiger partial charge >= 0.3 is 0 Å². The van der Waals surface area contributed by atoms with E-state index in [1.165, 1.54) is 24.3 Å². The van der Waals surface area contributed by atoms with Crippen LogP contribution in [0.15, 0.2) is 11.3 Å². The highest BCUT2D eigenvalue weighted by atomic mass is 32.2. The molecule has 3 heterocycles. The summed E-state index contributed by atoms with van der Waals surface area (Å²) in [5.41, 5.74) is 0. The second-order valence-electron chi connectivity index (χ2n) is 6.01. The fourth-order valence-electron chi connectivity index (χ4n) is 3.02. The molecule has 122 valence electrons. The summed E-state index contributed by atoms with van der Waals surface area (Å²) in [5.74, 6) is 5.39. The molecule has 0 radical (unpaired) electrons. The van der Waals surface area contributed by atoms with Gasteiger partial charge in [-0.2, -0.15) is 16.9 Å². The van der Waals surface area contributed by atoms with Crippen molar-refractivity contribution in [2.45, 2.75) is 45.2 Å². The SMILES string of the molecule is CCNC(=NCC1CCSCC1)NC1CCc2ncnn2C1. The van der Waals surface area contributed by atoms with Crippen LogP contribution in [0.4, 0.5) is 0 Å². The third-order valence-corrected chi connectivity index (χ3v) is 5.39. The van der Waals surface area contributed by atoms with Crippen LogP contribution in [0.2, 0.25) is 0 Å². The summed E-state index contributed by atoms with van der Waals surface area (Å²) < 4.78 is 2.00. The van der Waals surface area contributed by atoms with Gasteiger partial charge in [0.15, 0.2) is 5.96 Å². The molecule has 0 bridgehead atoms. The van der Waals surface area contributed by atoms with Crippen molar-refractivity contribution < 1.29 is 0 Å². The largest absolute Gasteiger partial charge is 0.357 e. The number of thioether (sulfide) groups is 1. The zero-order valence-electron chi connectivity index (χ0n) is 13.3. The van der Waals surface area contributed by atoms with Crippen LogP contribution < -0.4 is 10.6 Å². The second-order valence-corrected chi connectivity index (χ2v) is 7.24. The van der Waals surface area contributed by atoms with Crippen LogP contribution in [-0.2, 0) is 13.0 Å². The van der Waals surface area contributed by atoms with Gasteiger partial charge in [-0.15, -0.1) is 0 Å². The van der Waals surface area contributed by atoms with Gasteiger partial charge in [0.2, 0.25) is 0 Å². The maximum Gasteiger partial charge on any atom is 0.191 e. The van der Waals surface area contributed by atoms with E-state index in [1.54, 1.807) is 6.33 Å². The summed E-state index contributed by atoms with van der Waals surface area (Å²) in [6, 6.07) is 0.383. The summed E-state index contributed by atoms with van der Waals surface area (Å²) in [4.78, 5) is 9.10. The number of aliphatic imine (C=N–C) groups is 1. The third-order valence-electron chi connectivity index (χ3n) is 4.34. The predicted octanol–water partition coefficient (Wildman–Crippen LogP) is 1.29. The molecule has 1 aromatic heterocycles. The number of hydrogen-bond acceptors (Lipinski definition) is 4. The summed E-state index contributed by atoms with van der Waals surface area (Å²) in [6.07, 6.45) is 6.33. The summed E-state index contributed by atoms with van der Waals surface area (Å²) in [5, 5.41) is 11.2. The number of nitrogens with zero attached hydrogens (tertiary/aromatic N) is 4. The molecule has 0 aliphatic carbocycles. The van der Waals surface area contributed by atoms with E-state index in [9.17, 15) is 0 Å². The third kappa shape index (κ3) is 4.15. The maximum atomic E-state index is 4.81. The minimum Gasteiger partial charge on any atom is -0.357 e. The maximum absolute atomic E-state index is 4.81. The van der Waals surface area contributed by atoms with Crippen LogP contribution in [0.3, 0.4) is 0 Å². The highest BCUT2D eigenvalue weighted by molar-refractivity contribution is 7.99. The van der Waals surface area contributed by atoms with Crippen LogP contribution in [0.25, 0.3) is 0 Å². The Morgan fingerprint density at radius 3 is 3.09 bits per heavy atom. The number of aryl methyl sites for hydroxylation is 1. The van der Waals surface area contributed by atoms with Gasteiger partial charge in [-0.3, -0.25) is 4.99 Å². The normalized spacial score (nSPS) is 23.1. The molecular weight excluding hydrogens is 296 g/mol. The van der Waals surface area contributed by atoms with Gasteiger partial charge in [-0.25, -0.2) is 9.67 Å². The van der Waals surface area contributed by atoms with E-state index in [4.69, 9.17) is 4.99 Å². The molecule has 1 fully saturated rings. The van der Waals surface area contributed by atoms with Crippen molar-refractivity contribution in [3.05, 3.63) is 12.2 Å². The van der Waals surface area contributed by atoms with E-state index in [1.807, 2.05) is 4.68 Å². The first-order valence-electron chi connectivity index (χ1n) is 8.34. The standard InChI is InChI=1S/C15H26N6S/c1-2-16-15(17-9-12-5-7-22-8-6-12)20-13-3-4-14-18-11-19-21(14)10-13/h11-13H,2-10H2,1H3,(H2,16,17,20). The average molecular weight is 322 g/mol. The molecule has 2 N–H and O–H groups in total. The van der Waals surface area contributed by atoms with Crippen LogP contribution in [0, 0.1) is 5.92 Å². The van der Waals surface area contributed by atoms with E-state index in [0.717, 1.165) is 50.2 Å². The quantitative estimate of drug-likeness (QED) is 0.646. The minimum absolute atomic E-state index is 0.383. The number of guanidine groups is 1. The van der Waals surface area contributed by atoms with Gasteiger partial charge < -0.3 is 10.6 Å². The summed E-state index contributed by atoms with van der Waals surface area (Å²) in [7, 11) is 0. The van der Waals surface area contributed by atoms with E-state index >= 15 is 0 Å². The molecule has 0 spiro atoms. The number of nitrogens with one attached hydrogen (secondary N) is 2. The Hall–Kier alpha value is -1.24. The molecule has 7 heteroatoms. The fourth-order valence-corrected chi connectivity index (χ4v) is 4.22. The van der Waals surface area contributed by atoms with Crippen molar-refractivity contribution in [3.63, 3.8) is 0 Å². The first-order valence-corrected chi connectivity index (χ1v) is 9.50. The van der Waals surface area contributed by atoms with Crippen molar-refractivity contribution in [1.82, 2.24) is 25.4 Å². The lowest BCUT2D eigenvalue weighted by Crippen LogP contribution is -2.47. The summed E-state index contributed by atoms with van der Waals surface area (Å²) >= 11 is 2.07. The van der Waals surface area contributed by atoms with Gasteiger partial charge in [0, 0.05) is 25.6 Å². The first kappa shape index (κ1) is 15.6.